The summed E-state index contributed by atoms with van der Waals surface area (Å²) >= 11 is 0. The third-order valence-corrected chi connectivity index (χ3v) is 3.22. The molecule has 0 aromatic carbocycles. The normalized spacial score (nSPS) is 13.1. The van der Waals surface area contributed by atoms with Gasteiger partial charge in [0.25, 0.3) is 0 Å². The monoisotopic (exact) mass is 271 g/mol. The van der Waals surface area contributed by atoms with Crippen LogP contribution in [-0.2, 0) is 6.42 Å². The third-order valence-electron chi connectivity index (χ3n) is 3.22. The summed E-state index contributed by atoms with van der Waals surface area (Å²) in [5.74, 6) is -2.46. The average Bonchev–Trinajstić information content (AvgIpc) is 2.85. The van der Waals surface area contributed by atoms with Crippen molar-refractivity contribution < 1.29 is 23.9 Å². The molecule has 0 amide bonds. The summed E-state index contributed by atoms with van der Waals surface area (Å²) in [6.45, 7) is 1.69. The van der Waals surface area contributed by atoms with E-state index in [1.165, 1.54) is 18.3 Å². The van der Waals surface area contributed by atoms with Crippen LogP contribution in [0.25, 0.3) is 0 Å². The molecule has 3 rings (SSSR count). The van der Waals surface area contributed by atoms with Crippen LogP contribution in [0.3, 0.4) is 0 Å². The molecule has 2 aromatic heterocycles. The van der Waals surface area contributed by atoms with Gasteiger partial charge in [-0.3, -0.25) is 14.6 Å². The van der Waals surface area contributed by atoms with Crippen LogP contribution >= 0.6 is 0 Å². The maximum absolute atomic E-state index is 12.4. The van der Waals surface area contributed by atoms with Crippen molar-refractivity contribution >= 4 is 17.5 Å². The summed E-state index contributed by atoms with van der Waals surface area (Å²) in [5.41, 5.74) is -0.322. The Morgan fingerprint density at radius 1 is 1.35 bits per heavy atom. The fraction of sp³-hybridized carbons (Fsp3) is 0.143. The van der Waals surface area contributed by atoms with E-state index in [0.717, 1.165) is 0 Å². The lowest BCUT2D eigenvalue weighted by Gasteiger charge is -2.11. The number of carboxylic acid groups (broad SMARTS) is 1. The number of furan rings is 1. The molecule has 0 saturated carbocycles. The number of pyridine rings is 1. The molecule has 6 nitrogen and oxygen atoms in total. The number of aryl methyl sites for hydroxylation is 1. The summed E-state index contributed by atoms with van der Waals surface area (Å²) in [6, 6.07) is 3.01. The van der Waals surface area contributed by atoms with Crippen LogP contribution in [0.2, 0.25) is 0 Å². The van der Waals surface area contributed by atoms with E-state index in [2.05, 4.69) is 4.98 Å². The number of fused-ring (bicyclic) bond motifs is 2. The van der Waals surface area contributed by atoms with Gasteiger partial charge in [-0.1, -0.05) is 6.92 Å². The standard InChI is InChI=1S/C14H9NO5/c1-2-7-8(14(18)19)9-12(17)10-6(4-3-5-15-10)11(16)13(9)20-7/h3-5H,2H2,1H3,(H,18,19). The van der Waals surface area contributed by atoms with Gasteiger partial charge in [0, 0.05) is 12.6 Å². The van der Waals surface area contributed by atoms with Crippen LogP contribution < -0.4 is 0 Å². The van der Waals surface area contributed by atoms with Crippen molar-refractivity contribution in [3.63, 3.8) is 0 Å². The molecule has 20 heavy (non-hydrogen) atoms. The minimum absolute atomic E-state index is 0.0315. The number of carbonyl (C=O) groups excluding carboxylic acids is 2. The molecule has 0 atom stereocenters. The number of ketones is 2. The molecule has 0 fully saturated rings. The first kappa shape index (κ1) is 12.3. The Hall–Kier alpha value is -2.76. The molecular formula is C14H9NO5. The first-order chi connectivity index (χ1) is 9.56. The number of rotatable bonds is 2. The van der Waals surface area contributed by atoms with Crippen molar-refractivity contribution in [1.29, 1.82) is 0 Å². The highest BCUT2D eigenvalue weighted by Gasteiger charge is 2.39. The van der Waals surface area contributed by atoms with Crippen molar-refractivity contribution in [2.45, 2.75) is 13.3 Å². The number of carbonyl (C=O) groups is 3. The van der Waals surface area contributed by atoms with E-state index >= 15 is 0 Å². The molecule has 0 aliphatic heterocycles. The van der Waals surface area contributed by atoms with Gasteiger partial charge in [0.2, 0.25) is 11.6 Å². The van der Waals surface area contributed by atoms with Crippen LogP contribution in [0.1, 0.15) is 55.2 Å². The smallest absolute Gasteiger partial charge is 0.340 e. The zero-order valence-electron chi connectivity index (χ0n) is 10.5. The Kier molecular flexibility index (Phi) is 2.53. The summed E-state index contributed by atoms with van der Waals surface area (Å²) in [6.07, 6.45) is 1.66. The van der Waals surface area contributed by atoms with Gasteiger partial charge >= 0.3 is 5.97 Å². The highest BCUT2D eigenvalue weighted by atomic mass is 16.4. The van der Waals surface area contributed by atoms with Crippen molar-refractivity contribution in [3.8, 4) is 0 Å². The van der Waals surface area contributed by atoms with Gasteiger partial charge in [-0.15, -0.1) is 0 Å². The fourth-order valence-electron chi connectivity index (χ4n) is 2.34. The number of hydrogen-bond acceptors (Lipinski definition) is 5. The maximum Gasteiger partial charge on any atom is 0.340 e. The Morgan fingerprint density at radius 3 is 2.75 bits per heavy atom. The molecule has 0 spiro atoms. The Morgan fingerprint density at radius 2 is 2.10 bits per heavy atom. The molecule has 0 unspecified atom stereocenters. The molecule has 0 saturated heterocycles. The average molecular weight is 271 g/mol. The van der Waals surface area contributed by atoms with Crippen LogP contribution in [0, 0.1) is 0 Å². The minimum atomic E-state index is -1.28. The fourth-order valence-corrected chi connectivity index (χ4v) is 2.34. The second-order valence-corrected chi connectivity index (χ2v) is 4.32. The van der Waals surface area contributed by atoms with Crippen LogP contribution in [0.15, 0.2) is 22.7 Å². The molecule has 6 heteroatoms. The molecule has 1 aliphatic carbocycles. The first-order valence-corrected chi connectivity index (χ1v) is 5.99. The van der Waals surface area contributed by atoms with E-state index in [9.17, 15) is 19.5 Å². The molecule has 2 aromatic rings. The lowest BCUT2D eigenvalue weighted by atomic mass is 9.89. The van der Waals surface area contributed by atoms with E-state index < -0.39 is 17.5 Å². The van der Waals surface area contributed by atoms with Crippen molar-refractivity contribution in [2.24, 2.45) is 0 Å². The van der Waals surface area contributed by atoms with Crippen LogP contribution in [0.4, 0.5) is 0 Å². The van der Waals surface area contributed by atoms with Gasteiger partial charge in [-0.25, -0.2) is 4.79 Å². The van der Waals surface area contributed by atoms with Crippen LogP contribution in [-0.4, -0.2) is 27.6 Å². The Labute approximate surface area is 113 Å². The van der Waals surface area contributed by atoms with Crippen LogP contribution in [0.5, 0.6) is 0 Å². The number of nitrogens with zero attached hydrogens (tertiary/aromatic N) is 1. The third kappa shape index (κ3) is 1.45. The molecule has 2 heterocycles. The van der Waals surface area contributed by atoms with Crippen molar-refractivity contribution in [1.82, 2.24) is 4.98 Å². The number of carboxylic acids is 1. The SMILES string of the molecule is CCc1oc2c(c1C(=O)O)C(=O)c1ncccc1C2=O. The molecular weight excluding hydrogens is 262 g/mol. The topological polar surface area (TPSA) is 97.5 Å². The first-order valence-electron chi connectivity index (χ1n) is 5.99. The Balaban J connectivity index is 2.35. The van der Waals surface area contributed by atoms with Crippen molar-refractivity contribution in [3.05, 3.63) is 52.2 Å². The predicted molar refractivity (Wildman–Crippen MR) is 66.1 cm³/mol. The van der Waals surface area contributed by atoms with Gasteiger partial charge in [-0.05, 0) is 12.1 Å². The van der Waals surface area contributed by atoms with Gasteiger partial charge in [0.1, 0.15) is 17.0 Å². The van der Waals surface area contributed by atoms with Gasteiger partial charge in [0.05, 0.1) is 11.1 Å². The largest absolute Gasteiger partial charge is 0.478 e. The zero-order chi connectivity index (χ0) is 14.4. The van der Waals surface area contributed by atoms with E-state index in [1.54, 1.807) is 6.92 Å². The molecule has 100 valence electrons. The summed E-state index contributed by atoms with van der Waals surface area (Å²) < 4.78 is 5.31. The van der Waals surface area contributed by atoms with E-state index in [0.29, 0.717) is 0 Å². The zero-order valence-corrected chi connectivity index (χ0v) is 10.5. The van der Waals surface area contributed by atoms with E-state index in [1.807, 2.05) is 0 Å². The summed E-state index contributed by atoms with van der Waals surface area (Å²) in [7, 11) is 0. The second-order valence-electron chi connectivity index (χ2n) is 4.32. The minimum Gasteiger partial charge on any atom is -0.478 e. The Bertz CT molecular complexity index is 772. The number of hydrogen-bond donors (Lipinski definition) is 1. The quantitative estimate of drug-likeness (QED) is 0.762. The van der Waals surface area contributed by atoms with E-state index in [-0.39, 0.29) is 40.3 Å². The molecule has 0 radical (unpaired) electrons. The molecule has 0 bridgehead atoms. The summed E-state index contributed by atoms with van der Waals surface area (Å²) in [4.78, 5) is 39.9. The second kappa shape index (κ2) is 4.12. The lowest BCUT2D eigenvalue weighted by Crippen LogP contribution is -2.22. The van der Waals surface area contributed by atoms with Gasteiger partial charge < -0.3 is 9.52 Å². The van der Waals surface area contributed by atoms with Gasteiger partial charge in [0.15, 0.2) is 5.76 Å². The summed E-state index contributed by atoms with van der Waals surface area (Å²) in [5, 5.41) is 9.25. The number of aromatic nitrogens is 1. The lowest BCUT2D eigenvalue weighted by molar-refractivity contribution is 0.0690. The predicted octanol–water partition coefficient (Wildman–Crippen LogP) is 1.71. The number of aromatic carboxylic acids is 1. The molecule has 1 N–H and O–H groups in total. The highest BCUT2D eigenvalue weighted by molar-refractivity contribution is 6.29. The van der Waals surface area contributed by atoms with Gasteiger partial charge in [-0.2, -0.15) is 0 Å². The van der Waals surface area contributed by atoms with Crippen molar-refractivity contribution in [2.75, 3.05) is 0 Å². The highest BCUT2D eigenvalue weighted by Crippen LogP contribution is 2.32. The van der Waals surface area contributed by atoms with E-state index in [4.69, 9.17) is 4.42 Å². The molecule has 1 aliphatic rings. The maximum atomic E-state index is 12.4.